The molecule has 0 bridgehead atoms. The quantitative estimate of drug-likeness (QED) is 0.841. The van der Waals surface area contributed by atoms with Crippen LogP contribution >= 0.6 is 0 Å². The average Bonchev–Trinajstić information content (AvgIpc) is 3.42. The van der Waals surface area contributed by atoms with Crippen LogP contribution in [0.25, 0.3) is 0 Å². The molecule has 6 nitrogen and oxygen atoms in total. The summed E-state index contributed by atoms with van der Waals surface area (Å²) in [5, 5.41) is 5.79. The van der Waals surface area contributed by atoms with Gasteiger partial charge in [0.2, 0.25) is 11.8 Å². The minimum absolute atomic E-state index is 0.0453. The van der Waals surface area contributed by atoms with Crippen LogP contribution in [0.2, 0.25) is 0 Å². The Morgan fingerprint density at radius 3 is 2.32 bits per heavy atom. The summed E-state index contributed by atoms with van der Waals surface area (Å²) in [6.45, 7) is 2.36. The van der Waals surface area contributed by atoms with Crippen LogP contribution in [-0.4, -0.2) is 30.3 Å². The highest BCUT2D eigenvalue weighted by atomic mass is 16.2. The fourth-order valence-corrected chi connectivity index (χ4v) is 3.30. The van der Waals surface area contributed by atoms with Gasteiger partial charge in [0.1, 0.15) is 0 Å². The minimum Gasteiger partial charge on any atom is -0.349 e. The van der Waals surface area contributed by atoms with E-state index in [2.05, 4.69) is 10.6 Å². The van der Waals surface area contributed by atoms with Gasteiger partial charge in [-0.05, 0) is 56.2 Å². The lowest BCUT2D eigenvalue weighted by molar-refractivity contribution is -0.122. The third-order valence-electron chi connectivity index (χ3n) is 5.17. The molecule has 1 heterocycles. The molecular formula is C22H23N3O3. The van der Waals surface area contributed by atoms with Crippen LogP contribution in [0.3, 0.4) is 0 Å². The smallest absolute Gasteiger partial charge is 0.251 e. The molecule has 6 heteroatoms. The molecule has 2 aromatic carbocycles. The van der Waals surface area contributed by atoms with Crippen molar-refractivity contribution in [2.75, 3.05) is 16.8 Å². The number of nitrogens with zero attached hydrogens (tertiary/aromatic N) is 1. The van der Waals surface area contributed by atoms with Crippen LogP contribution in [0.1, 0.15) is 35.2 Å². The third-order valence-corrected chi connectivity index (χ3v) is 5.17. The number of rotatable bonds is 5. The summed E-state index contributed by atoms with van der Waals surface area (Å²) in [6.07, 6.45) is 2.28. The molecule has 144 valence electrons. The van der Waals surface area contributed by atoms with Crippen molar-refractivity contribution in [3.63, 3.8) is 0 Å². The van der Waals surface area contributed by atoms with E-state index in [1.54, 1.807) is 29.2 Å². The van der Waals surface area contributed by atoms with Gasteiger partial charge >= 0.3 is 0 Å². The second-order valence-corrected chi connectivity index (χ2v) is 7.56. The Bertz CT molecular complexity index is 902. The molecule has 0 spiro atoms. The Labute approximate surface area is 163 Å². The molecule has 0 radical (unpaired) electrons. The highest BCUT2D eigenvalue weighted by Gasteiger charge is 2.35. The maximum absolute atomic E-state index is 12.6. The van der Waals surface area contributed by atoms with Crippen molar-refractivity contribution in [3.05, 3.63) is 59.7 Å². The summed E-state index contributed by atoms with van der Waals surface area (Å²) in [6, 6.07) is 14.9. The highest BCUT2D eigenvalue weighted by molar-refractivity contribution is 6.03. The molecule has 2 aliphatic rings. The molecule has 4 rings (SSSR count). The van der Waals surface area contributed by atoms with Crippen molar-refractivity contribution >= 4 is 29.1 Å². The van der Waals surface area contributed by atoms with E-state index in [9.17, 15) is 14.4 Å². The van der Waals surface area contributed by atoms with Gasteiger partial charge in [0, 0.05) is 35.9 Å². The van der Waals surface area contributed by atoms with Gasteiger partial charge in [-0.15, -0.1) is 0 Å². The topological polar surface area (TPSA) is 78.5 Å². The average molecular weight is 377 g/mol. The van der Waals surface area contributed by atoms with Gasteiger partial charge in [-0.1, -0.05) is 17.7 Å². The van der Waals surface area contributed by atoms with Gasteiger partial charge in [0.25, 0.3) is 5.91 Å². The number of amides is 3. The monoisotopic (exact) mass is 377 g/mol. The number of hydrogen-bond donors (Lipinski definition) is 2. The fraction of sp³-hybridized carbons (Fsp3) is 0.318. The fourth-order valence-electron chi connectivity index (χ4n) is 3.30. The van der Waals surface area contributed by atoms with Crippen LogP contribution in [0.5, 0.6) is 0 Å². The van der Waals surface area contributed by atoms with Gasteiger partial charge < -0.3 is 15.5 Å². The summed E-state index contributed by atoms with van der Waals surface area (Å²) >= 11 is 0. The van der Waals surface area contributed by atoms with Crippen molar-refractivity contribution in [1.82, 2.24) is 5.32 Å². The van der Waals surface area contributed by atoms with E-state index in [1.807, 2.05) is 31.2 Å². The van der Waals surface area contributed by atoms with Crippen LogP contribution in [0.15, 0.2) is 48.5 Å². The number of benzene rings is 2. The standard InChI is InChI=1S/C22H23N3O3/c1-14-2-10-19(11-3-14)25-13-16(12-20(25)26)22(28)24-17-6-4-15(5-7-17)21(27)23-18-8-9-18/h2-7,10-11,16,18H,8-9,12-13H2,1H3,(H,23,27)(H,24,28). The van der Waals surface area contributed by atoms with Crippen LogP contribution in [-0.2, 0) is 9.59 Å². The van der Waals surface area contributed by atoms with Crippen molar-refractivity contribution in [1.29, 1.82) is 0 Å². The number of nitrogens with one attached hydrogen (secondary N) is 2. The predicted molar refractivity (Wildman–Crippen MR) is 107 cm³/mol. The lowest BCUT2D eigenvalue weighted by atomic mass is 10.1. The Hall–Kier alpha value is -3.15. The summed E-state index contributed by atoms with van der Waals surface area (Å²) < 4.78 is 0. The molecule has 2 aromatic rings. The predicted octanol–water partition coefficient (Wildman–Crippen LogP) is 2.88. The lowest BCUT2D eigenvalue weighted by Crippen LogP contribution is -2.28. The van der Waals surface area contributed by atoms with Crippen molar-refractivity contribution < 1.29 is 14.4 Å². The van der Waals surface area contributed by atoms with Crippen molar-refractivity contribution in [3.8, 4) is 0 Å². The van der Waals surface area contributed by atoms with E-state index < -0.39 is 5.92 Å². The number of carbonyl (C=O) groups excluding carboxylic acids is 3. The molecular weight excluding hydrogens is 354 g/mol. The Kier molecular flexibility index (Phi) is 4.86. The lowest BCUT2D eigenvalue weighted by Gasteiger charge is -2.17. The first-order valence-electron chi connectivity index (χ1n) is 9.58. The normalized spacial score (nSPS) is 18.8. The van der Waals surface area contributed by atoms with Crippen molar-refractivity contribution in [2.45, 2.75) is 32.2 Å². The van der Waals surface area contributed by atoms with E-state index in [4.69, 9.17) is 0 Å². The first-order valence-corrected chi connectivity index (χ1v) is 9.58. The summed E-state index contributed by atoms with van der Waals surface area (Å²) in [5.41, 5.74) is 3.14. The number of carbonyl (C=O) groups is 3. The number of hydrogen-bond acceptors (Lipinski definition) is 3. The summed E-state index contributed by atoms with van der Waals surface area (Å²) in [5.74, 6) is -0.712. The Morgan fingerprint density at radius 2 is 1.68 bits per heavy atom. The zero-order valence-corrected chi connectivity index (χ0v) is 15.8. The molecule has 1 atom stereocenters. The number of aryl methyl sites for hydroxylation is 1. The second kappa shape index (κ2) is 7.46. The third kappa shape index (κ3) is 4.06. The molecule has 2 fully saturated rings. The van der Waals surface area contributed by atoms with Gasteiger partial charge in [0.05, 0.1) is 5.92 Å². The molecule has 2 N–H and O–H groups in total. The zero-order valence-electron chi connectivity index (χ0n) is 15.8. The molecule has 1 aliphatic heterocycles. The highest BCUT2D eigenvalue weighted by Crippen LogP contribution is 2.26. The minimum atomic E-state index is -0.397. The summed E-state index contributed by atoms with van der Waals surface area (Å²) in [4.78, 5) is 38.6. The molecule has 0 aromatic heterocycles. The Balaban J connectivity index is 1.36. The zero-order chi connectivity index (χ0) is 19.7. The van der Waals surface area contributed by atoms with Crippen LogP contribution < -0.4 is 15.5 Å². The molecule has 3 amide bonds. The van der Waals surface area contributed by atoms with E-state index >= 15 is 0 Å². The molecule has 28 heavy (non-hydrogen) atoms. The first-order chi connectivity index (χ1) is 13.5. The van der Waals surface area contributed by atoms with E-state index in [-0.39, 0.29) is 24.1 Å². The van der Waals surface area contributed by atoms with Gasteiger partial charge in [0.15, 0.2) is 0 Å². The van der Waals surface area contributed by atoms with Gasteiger partial charge in [-0.25, -0.2) is 0 Å². The maximum atomic E-state index is 12.6. The largest absolute Gasteiger partial charge is 0.349 e. The van der Waals surface area contributed by atoms with E-state index in [0.717, 1.165) is 24.1 Å². The second-order valence-electron chi connectivity index (χ2n) is 7.56. The molecule has 1 unspecified atom stereocenters. The van der Waals surface area contributed by atoms with E-state index in [0.29, 0.717) is 23.8 Å². The molecule has 1 aliphatic carbocycles. The van der Waals surface area contributed by atoms with Crippen LogP contribution in [0, 0.1) is 12.8 Å². The van der Waals surface area contributed by atoms with Crippen LogP contribution in [0.4, 0.5) is 11.4 Å². The maximum Gasteiger partial charge on any atom is 0.251 e. The molecule has 1 saturated carbocycles. The summed E-state index contributed by atoms with van der Waals surface area (Å²) in [7, 11) is 0. The van der Waals surface area contributed by atoms with Crippen molar-refractivity contribution in [2.24, 2.45) is 5.92 Å². The van der Waals surface area contributed by atoms with Gasteiger partial charge in [-0.2, -0.15) is 0 Å². The van der Waals surface area contributed by atoms with E-state index in [1.165, 1.54) is 0 Å². The number of anilines is 2. The molecule has 1 saturated heterocycles. The first kappa shape index (κ1) is 18.2. The Morgan fingerprint density at radius 1 is 1.00 bits per heavy atom. The van der Waals surface area contributed by atoms with Gasteiger partial charge in [-0.3, -0.25) is 14.4 Å². The SMILES string of the molecule is Cc1ccc(N2CC(C(=O)Nc3ccc(C(=O)NC4CC4)cc3)CC2=O)cc1.